The lowest BCUT2D eigenvalue weighted by Gasteiger charge is -2.06. The van der Waals surface area contributed by atoms with E-state index in [-0.39, 0.29) is 12.5 Å². The fourth-order valence-corrected chi connectivity index (χ4v) is 1.89. The summed E-state index contributed by atoms with van der Waals surface area (Å²) >= 11 is 6.39. The number of amides is 1. The van der Waals surface area contributed by atoms with E-state index in [0.29, 0.717) is 28.2 Å². The average molecular weight is 368 g/mol. The first kappa shape index (κ1) is 14.5. The average Bonchev–Trinajstić information content (AvgIpc) is 2.28. The molecule has 0 radical (unpaired) electrons. The highest BCUT2D eigenvalue weighted by Gasteiger charge is 2.07. The zero-order valence-corrected chi connectivity index (χ0v) is 12.3. The van der Waals surface area contributed by atoms with E-state index in [9.17, 15) is 4.79 Å². The van der Waals surface area contributed by atoms with Gasteiger partial charge >= 0.3 is 0 Å². The molecule has 1 aromatic heterocycles. The molecule has 0 fully saturated rings. The minimum Gasteiger partial charge on any atom is -0.383 e. The SMILES string of the molecule is COCCNCC(=O)Nc1ncc(Br)nc1Br. The van der Waals surface area contributed by atoms with Crippen molar-refractivity contribution in [3.63, 3.8) is 0 Å². The molecule has 0 bridgehead atoms. The van der Waals surface area contributed by atoms with Crippen molar-refractivity contribution < 1.29 is 9.53 Å². The van der Waals surface area contributed by atoms with Gasteiger partial charge in [-0.2, -0.15) is 0 Å². The Bertz CT molecular complexity index is 389. The molecule has 0 spiro atoms. The smallest absolute Gasteiger partial charge is 0.239 e. The molecule has 6 nitrogen and oxygen atoms in total. The first-order chi connectivity index (χ1) is 8.13. The van der Waals surface area contributed by atoms with E-state index in [1.807, 2.05) is 0 Å². The van der Waals surface area contributed by atoms with Crippen LogP contribution in [0.5, 0.6) is 0 Å². The number of rotatable bonds is 6. The van der Waals surface area contributed by atoms with Crippen LogP contribution in [0.2, 0.25) is 0 Å². The van der Waals surface area contributed by atoms with Crippen LogP contribution >= 0.6 is 31.9 Å². The van der Waals surface area contributed by atoms with Crippen LogP contribution in [-0.4, -0.2) is 42.7 Å². The van der Waals surface area contributed by atoms with E-state index in [1.165, 1.54) is 6.20 Å². The number of anilines is 1. The van der Waals surface area contributed by atoms with Crippen LogP contribution in [0.4, 0.5) is 5.82 Å². The molecule has 0 saturated carbocycles. The molecule has 0 aliphatic carbocycles. The Balaban J connectivity index is 2.40. The van der Waals surface area contributed by atoms with Gasteiger partial charge < -0.3 is 15.4 Å². The van der Waals surface area contributed by atoms with Gasteiger partial charge in [0, 0.05) is 13.7 Å². The summed E-state index contributed by atoms with van der Waals surface area (Å²) in [7, 11) is 1.61. The summed E-state index contributed by atoms with van der Waals surface area (Å²) in [6, 6.07) is 0. The molecule has 0 unspecified atom stereocenters. The molecule has 0 aliphatic rings. The van der Waals surface area contributed by atoms with Crippen molar-refractivity contribution in [2.75, 3.05) is 32.1 Å². The van der Waals surface area contributed by atoms with Crippen LogP contribution in [0, 0.1) is 0 Å². The standard InChI is InChI=1S/C9H12Br2N4O2/c1-17-3-2-12-5-7(16)15-9-8(11)14-6(10)4-13-9/h4,12H,2-3,5H2,1H3,(H,13,15,16). The molecular formula is C9H12Br2N4O2. The van der Waals surface area contributed by atoms with Crippen LogP contribution in [-0.2, 0) is 9.53 Å². The number of halogens is 2. The minimum atomic E-state index is -0.182. The van der Waals surface area contributed by atoms with Gasteiger partial charge in [0.25, 0.3) is 0 Å². The summed E-state index contributed by atoms with van der Waals surface area (Å²) in [5, 5.41) is 5.56. The monoisotopic (exact) mass is 366 g/mol. The number of hydrogen-bond donors (Lipinski definition) is 2. The topological polar surface area (TPSA) is 76.1 Å². The highest BCUT2D eigenvalue weighted by molar-refractivity contribution is 9.11. The van der Waals surface area contributed by atoms with Crippen LogP contribution in [0.1, 0.15) is 0 Å². The third kappa shape index (κ3) is 5.53. The van der Waals surface area contributed by atoms with Gasteiger partial charge in [-0.15, -0.1) is 0 Å². The van der Waals surface area contributed by atoms with Crippen molar-refractivity contribution in [2.24, 2.45) is 0 Å². The minimum absolute atomic E-state index is 0.182. The number of hydrogen-bond acceptors (Lipinski definition) is 5. The van der Waals surface area contributed by atoms with Gasteiger partial charge in [-0.3, -0.25) is 4.79 Å². The normalized spacial score (nSPS) is 10.3. The third-order valence-corrected chi connectivity index (χ3v) is 2.66. The molecule has 1 rings (SSSR count). The van der Waals surface area contributed by atoms with Gasteiger partial charge in [-0.25, -0.2) is 9.97 Å². The quantitative estimate of drug-likeness (QED) is 0.738. The second kappa shape index (κ2) is 7.70. The van der Waals surface area contributed by atoms with Gasteiger partial charge in [0.1, 0.15) is 9.21 Å². The van der Waals surface area contributed by atoms with Gasteiger partial charge in [-0.05, 0) is 31.9 Å². The van der Waals surface area contributed by atoms with Crippen molar-refractivity contribution in [1.82, 2.24) is 15.3 Å². The van der Waals surface area contributed by atoms with E-state index in [4.69, 9.17) is 4.74 Å². The number of nitrogens with zero attached hydrogens (tertiary/aromatic N) is 2. The number of aromatic nitrogens is 2. The maximum Gasteiger partial charge on any atom is 0.239 e. The molecule has 1 amide bonds. The largest absolute Gasteiger partial charge is 0.383 e. The van der Waals surface area contributed by atoms with Gasteiger partial charge in [0.05, 0.1) is 19.3 Å². The van der Waals surface area contributed by atoms with Crippen molar-refractivity contribution in [1.29, 1.82) is 0 Å². The van der Waals surface area contributed by atoms with Crippen molar-refractivity contribution >= 4 is 43.6 Å². The number of carbonyl (C=O) groups excluding carboxylic acids is 1. The van der Waals surface area contributed by atoms with E-state index in [0.717, 1.165) is 0 Å². The number of carbonyl (C=O) groups is 1. The first-order valence-corrected chi connectivity index (χ1v) is 6.39. The number of ether oxygens (including phenoxy) is 1. The fraction of sp³-hybridized carbons (Fsp3) is 0.444. The molecule has 17 heavy (non-hydrogen) atoms. The summed E-state index contributed by atoms with van der Waals surface area (Å²) in [5.41, 5.74) is 0. The Kier molecular flexibility index (Phi) is 6.56. The van der Waals surface area contributed by atoms with Crippen molar-refractivity contribution in [3.05, 3.63) is 15.4 Å². The van der Waals surface area contributed by atoms with Crippen molar-refractivity contribution in [2.45, 2.75) is 0 Å². The lowest BCUT2D eigenvalue weighted by atomic mass is 10.5. The van der Waals surface area contributed by atoms with E-state index < -0.39 is 0 Å². The summed E-state index contributed by atoms with van der Waals surface area (Å²) in [6.45, 7) is 1.39. The second-order valence-corrected chi connectivity index (χ2v) is 4.61. The molecular weight excluding hydrogens is 356 g/mol. The van der Waals surface area contributed by atoms with Crippen LogP contribution in [0.15, 0.2) is 15.4 Å². The van der Waals surface area contributed by atoms with Crippen LogP contribution < -0.4 is 10.6 Å². The van der Waals surface area contributed by atoms with Crippen LogP contribution in [0.25, 0.3) is 0 Å². The fourth-order valence-electron chi connectivity index (χ4n) is 0.983. The van der Waals surface area contributed by atoms with Crippen molar-refractivity contribution in [3.8, 4) is 0 Å². The van der Waals surface area contributed by atoms with E-state index in [1.54, 1.807) is 7.11 Å². The molecule has 0 aromatic carbocycles. The lowest BCUT2D eigenvalue weighted by Crippen LogP contribution is -2.30. The maximum absolute atomic E-state index is 11.5. The summed E-state index contributed by atoms with van der Waals surface area (Å²) in [4.78, 5) is 19.6. The molecule has 2 N–H and O–H groups in total. The maximum atomic E-state index is 11.5. The molecule has 1 heterocycles. The Hall–Kier alpha value is -0.570. The molecule has 0 atom stereocenters. The zero-order valence-electron chi connectivity index (χ0n) is 9.17. The summed E-state index contributed by atoms with van der Waals surface area (Å²) in [5.74, 6) is 0.213. The molecule has 8 heteroatoms. The predicted octanol–water partition coefficient (Wildman–Crippen LogP) is 1.18. The first-order valence-electron chi connectivity index (χ1n) is 4.81. The highest BCUT2D eigenvalue weighted by Crippen LogP contribution is 2.18. The molecule has 94 valence electrons. The number of nitrogens with one attached hydrogen (secondary N) is 2. The molecule has 0 saturated heterocycles. The van der Waals surface area contributed by atoms with E-state index >= 15 is 0 Å². The Morgan fingerprint density at radius 1 is 1.53 bits per heavy atom. The third-order valence-electron chi connectivity index (χ3n) is 1.73. The van der Waals surface area contributed by atoms with E-state index in [2.05, 4.69) is 52.5 Å². The van der Waals surface area contributed by atoms with Gasteiger partial charge in [0.2, 0.25) is 5.91 Å². The summed E-state index contributed by atoms with van der Waals surface area (Å²) < 4.78 is 5.93. The highest BCUT2D eigenvalue weighted by atomic mass is 79.9. The molecule has 0 aliphatic heterocycles. The zero-order chi connectivity index (χ0) is 12.7. The Morgan fingerprint density at radius 3 is 2.94 bits per heavy atom. The molecule has 1 aromatic rings. The summed E-state index contributed by atoms with van der Waals surface area (Å²) in [6.07, 6.45) is 1.51. The Labute approximate surface area is 116 Å². The second-order valence-electron chi connectivity index (χ2n) is 3.05. The Morgan fingerprint density at radius 2 is 2.29 bits per heavy atom. The van der Waals surface area contributed by atoms with Gasteiger partial charge in [-0.1, -0.05) is 0 Å². The number of methoxy groups -OCH3 is 1. The van der Waals surface area contributed by atoms with Gasteiger partial charge in [0.15, 0.2) is 5.82 Å². The lowest BCUT2D eigenvalue weighted by molar-refractivity contribution is -0.115. The predicted molar refractivity (Wildman–Crippen MR) is 70.8 cm³/mol. The van der Waals surface area contributed by atoms with Crippen LogP contribution in [0.3, 0.4) is 0 Å².